The number of rotatable bonds is 4. The number of fused-ring (bicyclic) bond motifs is 1. The van der Waals surface area contributed by atoms with Crippen LogP contribution >= 0.6 is 11.6 Å². The van der Waals surface area contributed by atoms with E-state index in [1.54, 1.807) is 12.1 Å². The van der Waals surface area contributed by atoms with E-state index in [2.05, 4.69) is 6.07 Å². The Morgan fingerprint density at radius 3 is 2.48 bits per heavy atom. The van der Waals surface area contributed by atoms with E-state index < -0.39 is 0 Å². The number of nitrogens with two attached hydrogens (primary N) is 1. The number of nitriles is 1. The Morgan fingerprint density at radius 2 is 1.79 bits per heavy atom. The fourth-order valence-corrected chi connectivity index (χ4v) is 3.42. The van der Waals surface area contributed by atoms with Gasteiger partial charge in [-0.2, -0.15) is 5.26 Å². The first-order chi connectivity index (χ1) is 14.0. The molecule has 0 aromatic heterocycles. The minimum Gasteiger partial charge on any atom is -0.508 e. The van der Waals surface area contributed by atoms with Gasteiger partial charge in [0.15, 0.2) is 0 Å². The van der Waals surface area contributed by atoms with Gasteiger partial charge < -0.3 is 20.3 Å². The SMILES string of the molecule is N#CC1=C(N)Oc2cc(O)ccc2[C@@H]1c1ccc(OCc2ccc(Cl)cc2)cc1. The van der Waals surface area contributed by atoms with Crippen LogP contribution in [0.15, 0.2) is 78.2 Å². The van der Waals surface area contributed by atoms with Crippen LogP contribution < -0.4 is 15.2 Å². The van der Waals surface area contributed by atoms with Gasteiger partial charge in [-0.05, 0) is 41.5 Å². The van der Waals surface area contributed by atoms with Crippen LogP contribution in [0, 0.1) is 11.3 Å². The van der Waals surface area contributed by atoms with E-state index in [1.807, 2.05) is 48.5 Å². The Morgan fingerprint density at radius 1 is 1.07 bits per heavy atom. The lowest BCUT2D eigenvalue weighted by Gasteiger charge is -2.26. The fourth-order valence-electron chi connectivity index (χ4n) is 3.29. The number of hydrogen-bond acceptors (Lipinski definition) is 5. The molecule has 0 radical (unpaired) electrons. The summed E-state index contributed by atoms with van der Waals surface area (Å²) in [6, 6.07) is 21.9. The molecule has 0 aliphatic carbocycles. The second kappa shape index (κ2) is 7.78. The van der Waals surface area contributed by atoms with Gasteiger partial charge in [0.25, 0.3) is 0 Å². The molecule has 6 heteroatoms. The predicted molar refractivity (Wildman–Crippen MR) is 110 cm³/mol. The molecule has 0 saturated heterocycles. The molecule has 1 aliphatic rings. The lowest BCUT2D eigenvalue weighted by molar-refractivity contribution is 0.306. The van der Waals surface area contributed by atoms with Crippen molar-refractivity contribution < 1.29 is 14.6 Å². The smallest absolute Gasteiger partial charge is 0.205 e. The topological polar surface area (TPSA) is 88.5 Å². The summed E-state index contributed by atoms with van der Waals surface area (Å²) >= 11 is 5.90. The summed E-state index contributed by atoms with van der Waals surface area (Å²) in [5.74, 6) is 0.877. The number of allylic oxidation sites excluding steroid dienone is 1. The highest BCUT2D eigenvalue weighted by atomic mass is 35.5. The molecular weight excluding hydrogens is 388 g/mol. The van der Waals surface area contributed by atoms with Crippen molar-refractivity contribution in [3.63, 3.8) is 0 Å². The highest BCUT2D eigenvalue weighted by Gasteiger charge is 2.30. The first-order valence-corrected chi connectivity index (χ1v) is 9.30. The number of hydrogen-bond donors (Lipinski definition) is 2. The first-order valence-electron chi connectivity index (χ1n) is 8.93. The van der Waals surface area contributed by atoms with E-state index >= 15 is 0 Å². The van der Waals surface area contributed by atoms with Crippen molar-refractivity contribution in [2.24, 2.45) is 5.73 Å². The summed E-state index contributed by atoms with van der Waals surface area (Å²) in [7, 11) is 0. The third-order valence-corrected chi connectivity index (χ3v) is 4.99. The van der Waals surface area contributed by atoms with Crippen LogP contribution in [0.5, 0.6) is 17.2 Å². The minimum atomic E-state index is -0.380. The van der Waals surface area contributed by atoms with Crippen LogP contribution in [0.25, 0.3) is 0 Å². The summed E-state index contributed by atoms with van der Waals surface area (Å²) in [6.45, 7) is 0.423. The van der Waals surface area contributed by atoms with E-state index in [-0.39, 0.29) is 17.6 Å². The average molecular weight is 405 g/mol. The van der Waals surface area contributed by atoms with Gasteiger partial charge in [0.1, 0.15) is 35.5 Å². The molecule has 1 heterocycles. The van der Waals surface area contributed by atoms with Gasteiger partial charge in [0.05, 0.1) is 5.92 Å². The Labute approximate surface area is 173 Å². The van der Waals surface area contributed by atoms with Crippen LogP contribution in [0.2, 0.25) is 5.02 Å². The molecule has 5 nitrogen and oxygen atoms in total. The highest BCUT2D eigenvalue weighted by molar-refractivity contribution is 6.30. The normalized spacial score (nSPS) is 15.2. The quantitative estimate of drug-likeness (QED) is 0.649. The minimum absolute atomic E-state index is 0.0404. The number of nitrogens with zero attached hydrogens (tertiary/aromatic N) is 1. The van der Waals surface area contributed by atoms with Crippen LogP contribution in [-0.4, -0.2) is 5.11 Å². The molecular formula is C23H17ClN2O3. The first kappa shape index (κ1) is 18.7. The maximum Gasteiger partial charge on any atom is 0.205 e. The van der Waals surface area contributed by atoms with E-state index in [4.69, 9.17) is 26.8 Å². The molecule has 0 fully saturated rings. The number of benzene rings is 3. The molecule has 29 heavy (non-hydrogen) atoms. The number of phenolic OH excluding ortho intramolecular Hbond substituents is 1. The lowest BCUT2D eigenvalue weighted by Crippen LogP contribution is -2.20. The second-order valence-corrected chi connectivity index (χ2v) is 7.07. The van der Waals surface area contributed by atoms with Gasteiger partial charge in [-0.1, -0.05) is 41.9 Å². The Hall–Kier alpha value is -3.62. The van der Waals surface area contributed by atoms with Gasteiger partial charge in [0, 0.05) is 16.7 Å². The van der Waals surface area contributed by atoms with Gasteiger partial charge in [-0.15, -0.1) is 0 Å². The van der Waals surface area contributed by atoms with Gasteiger partial charge in [-0.3, -0.25) is 0 Å². The van der Waals surface area contributed by atoms with Crippen LogP contribution in [0.4, 0.5) is 0 Å². The van der Waals surface area contributed by atoms with E-state index in [9.17, 15) is 10.4 Å². The zero-order valence-electron chi connectivity index (χ0n) is 15.3. The van der Waals surface area contributed by atoms with Crippen molar-refractivity contribution in [2.45, 2.75) is 12.5 Å². The predicted octanol–water partition coefficient (Wildman–Crippen LogP) is 4.84. The summed E-state index contributed by atoms with van der Waals surface area (Å²) < 4.78 is 11.4. The van der Waals surface area contributed by atoms with Crippen molar-refractivity contribution in [1.29, 1.82) is 5.26 Å². The molecule has 0 amide bonds. The van der Waals surface area contributed by atoms with Gasteiger partial charge in [-0.25, -0.2) is 0 Å². The van der Waals surface area contributed by atoms with Crippen molar-refractivity contribution in [2.75, 3.05) is 0 Å². The lowest BCUT2D eigenvalue weighted by atomic mass is 9.83. The van der Waals surface area contributed by atoms with Crippen LogP contribution in [0.3, 0.4) is 0 Å². The van der Waals surface area contributed by atoms with Gasteiger partial charge >= 0.3 is 0 Å². The zero-order chi connectivity index (χ0) is 20.4. The molecule has 3 aromatic rings. The van der Waals surface area contributed by atoms with Crippen LogP contribution in [0.1, 0.15) is 22.6 Å². The summed E-state index contributed by atoms with van der Waals surface area (Å²) in [5.41, 5.74) is 8.94. The van der Waals surface area contributed by atoms with Crippen LogP contribution in [-0.2, 0) is 6.61 Å². The summed E-state index contributed by atoms with van der Waals surface area (Å²) in [4.78, 5) is 0. The number of ether oxygens (including phenoxy) is 2. The third-order valence-electron chi connectivity index (χ3n) is 4.73. The number of halogens is 1. The zero-order valence-corrected chi connectivity index (χ0v) is 16.1. The molecule has 144 valence electrons. The summed E-state index contributed by atoms with van der Waals surface area (Å²) in [5, 5.41) is 20.0. The van der Waals surface area contributed by atoms with Crippen molar-refractivity contribution in [3.8, 4) is 23.3 Å². The molecule has 3 N–H and O–H groups in total. The number of aromatic hydroxyl groups is 1. The van der Waals surface area contributed by atoms with Crippen molar-refractivity contribution >= 4 is 11.6 Å². The number of phenols is 1. The van der Waals surface area contributed by atoms with E-state index in [0.717, 1.165) is 16.7 Å². The molecule has 0 saturated carbocycles. The fraction of sp³-hybridized carbons (Fsp3) is 0.0870. The largest absolute Gasteiger partial charge is 0.508 e. The Kier molecular flexibility index (Phi) is 5.03. The molecule has 1 aliphatic heterocycles. The highest BCUT2D eigenvalue weighted by Crippen LogP contribution is 2.43. The molecule has 0 unspecified atom stereocenters. The Bertz CT molecular complexity index is 1120. The Balaban J connectivity index is 1.59. The van der Waals surface area contributed by atoms with E-state index in [0.29, 0.717) is 28.7 Å². The standard InChI is InChI=1S/C23H17ClN2O3/c24-16-5-1-14(2-6-16)13-28-18-8-3-15(4-9-18)22-19-10-7-17(27)11-21(19)29-23(26)20(22)12-25/h1-11,22,27H,13,26H2/t22-/m0/s1. The third kappa shape index (κ3) is 3.84. The molecule has 3 aromatic carbocycles. The van der Waals surface area contributed by atoms with Crippen molar-refractivity contribution in [3.05, 3.63) is 99.9 Å². The van der Waals surface area contributed by atoms with E-state index in [1.165, 1.54) is 6.07 Å². The molecule has 4 rings (SSSR count). The maximum atomic E-state index is 9.73. The molecule has 1 atom stereocenters. The summed E-state index contributed by atoms with van der Waals surface area (Å²) in [6.07, 6.45) is 0. The second-order valence-electron chi connectivity index (χ2n) is 6.63. The molecule has 0 bridgehead atoms. The molecule has 0 spiro atoms. The average Bonchev–Trinajstić information content (AvgIpc) is 2.72. The maximum absolute atomic E-state index is 9.73. The van der Waals surface area contributed by atoms with Crippen molar-refractivity contribution in [1.82, 2.24) is 0 Å². The van der Waals surface area contributed by atoms with Gasteiger partial charge in [0.2, 0.25) is 5.88 Å². The monoisotopic (exact) mass is 404 g/mol.